The Labute approximate surface area is 110 Å². The number of likely N-dealkylation sites (tertiary alicyclic amines) is 1. The fourth-order valence-corrected chi connectivity index (χ4v) is 1.51. The van der Waals surface area contributed by atoms with Gasteiger partial charge in [0.1, 0.15) is 0 Å². The van der Waals surface area contributed by atoms with Crippen molar-refractivity contribution in [3.8, 4) is 0 Å². The number of nitrogens with zero attached hydrogens (tertiary/aromatic N) is 4. The van der Waals surface area contributed by atoms with Crippen molar-refractivity contribution in [1.29, 1.82) is 0 Å². The third-order valence-corrected chi connectivity index (χ3v) is 2.09. The van der Waals surface area contributed by atoms with E-state index in [1.54, 1.807) is 4.90 Å². The van der Waals surface area contributed by atoms with Crippen LogP contribution < -0.4 is 0 Å². The predicted molar refractivity (Wildman–Crippen MR) is 50.5 cm³/mol. The van der Waals surface area contributed by atoms with Gasteiger partial charge in [0, 0.05) is 50.2 Å². The second kappa shape index (κ2) is 7.10. The van der Waals surface area contributed by atoms with Crippen molar-refractivity contribution in [1.82, 2.24) is 4.90 Å². The Hall–Kier alpha value is -0.246. The van der Waals surface area contributed by atoms with Crippen LogP contribution in [0.15, 0.2) is 5.11 Å². The van der Waals surface area contributed by atoms with Crippen LogP contribution in [0.3, 0.4) is 0 Å². The van der Waals surface area contributed by atoms with Gasteiger partial charge in [0.15, 0.2) is 0 Å². The van der Waals surface area contributed by atoms with E-state index in [4.69, 9.17) is 5.53 Å². The average molecular weight is 271 g/mol. The summed E-state index contributed by atoms with van der Waals surface area (Å²) in [4.78, 5) is 15.2. The molecule has 77 valence electrons. The quantitative estimate of drug-likeness (QED) is 0.309. The normalized spacial score (nSPS) is 24.2. The van der Waals surface area contributed by atoms with E-state index in [-0.39, 0.29) is 58.1 Å². The SMILES string of the molecule is [CH2-]C(=O)N1C[C@@H](N=[N+]=[N-])C[C@H]1C.[CH3-].[Y]. The largest absolute Gasteiger partial charge is 0.364 e. The van der Waals surface area contributed by atoms with Crippen molar-refractivity contribution in [2.75, 3.05) is 6.54 Å². The van der Waals surface area contributed by atoms with Gasteiger partial charge in [0.05, 0.1) is 11.9 Å². The summed E-state index contributed by atoms with van der Waals surface area (Å²) < 4.78 is 0. The van der Waals surface area contributed by atoms with Crippen LogP contribution in [-0.4, -0.2) is 29.4 Å². The second-order valence-electron chi connectivity index (χ2n) is 2.99. The molecule has 0 saturated carbocycles. The van der Waals surface area contributed by atoms with Crippen molar-refractivity contribution >= 4 is 5.91 Å². The molecule has 1 saturated heterocycles. The topological polar surface area (TPSA) is 69.1 Å². The first-order valence-electron chi connectivity index (χ1n) is 3.82. The Morgan fingerprint density at radius 2 is 2.29 bits per heavy atom. The van der Waals surface area contributed by atoms with Crippen molar-refractivity contribution in [3.05, 3.63) is 24.8 Å². The third kappa shape index (κ3) is 3.86. The second-order valence-corrected chi connectivity index (χ2v) is 2.99. The first-order valence-corrected chi connectivity index (χ1v) is 3.82. The standard InChI is InChI=1S/C7H11N4O.CH3.Y/c1-5-3-7(9-10-8)4-11(5)6(2)12;;/h5,7H,2-4H2,1H3;1H3;/q2*-1;/t5-,7+;;/m1../s1. The third-order valence-electron chi connectivity index (χ3n) is 2.09. The van der Waals surface area contributed by atoms with Gasteiger partial charge < -0.3 is 24.0 Å². The van der Waals surface area contributed by atoms with E-state index in [1.165, 1.54) is 0 Å². The number of carbonyl (C=O) groups is 1. The van der Waals surface area contributed by atoms with Gasteiger partial charge in [-0.15, -0.1) is 0 Å². The van der Waals surface area contributed by atoms with Gasteiger partial charge >= 0.3 is 0 Å². The van der Waals surface area contributed by atoms with Gasteiger partial charge in [-0.1, -0.05) is 5.11 Å². The zero-order chi connectivity index (χ0) is 9.14. The molecule has 1 rings (SSSR count). The fourth-order valence-electron chi connectivity index (χ4n) is 1.51. The number of hydrogen-bond acceptors (Lipinski definition) is 2. The molecule has 1 aliphatic heterocycles. The van der Waals surface area contributed by atoms with E-state index in [0.29, 0.717) is 6.54 Å². The summed E-state index contributed by atoms with van der Waals surface area (Å²) in [6, 6.07) is 0.0706. The van der Waals surface area contributed by atoms with Crippen LogP contribution in [0.1, 0.15) is 13.3 Å². The van der Waals surface area contributed by atoms with Gasteiger partial charge in [-0.2, -0.15) is 0 Å². The molecular formula is C8H14N4OY-2. The van der Waals surface area contributed by atoms with E-state index >= 15 is 0 Å². The van der Waals surface area contributed by atoms with Gasteiger partial charge in [-0.3, -0.25) is 0 Å². The summed E-state index contributed by atoms with van der Waals surface area (Å²) in [5.41, 5.74) is 8.18. The van der Waals surface area contributed by atoms with E-state index in [1.807, 2.05) is 6.92 Å². The van der Waals surface area contributed by atoms with E-state index in [0.717, 1.165) is 6.42 Å². The molecule has 0 N–H and O–H groups in total. The first kappa shape index (κ1) is 16.2. The molecule has 0 unspecified atom stereocenters. The van der Waals surface area contributed by atoms with Crippen molar-refractivity contribution in [2.24, 2.45) is 5.11 Å². The predicted octanol–water partition coefficient (Wildman–Crippen LogP) is 1.57. The Kier molecular flexibility index (Phi) is 8.21. The minimum absolute atomic E-state index is 0. The molecule has 1 fully saturated rings. The molecule has 0 spiro atoms. The zero-order valence-corrected chi connectivity index (χ0v) is 11.4. The molecule has 0 aliphatic carbocycles. The number of azide groups is 1. The Morgan fingerprint density at radius 1 is 1.71 bits per heavy atom. The summed E-state index contributed by atoms with van der Waals surface area (Å²) in [6.07, 6.45) is 0.741. The number of hydrogen-bond donors (Lipinski definition) is 0. The molecular weight excluding hydrogens is 257 g/mol. The van der Waals surface area contributed by atoms with Gasteiger partial charge in [-0.25, -0.2) is 0 Å². The van der Waals surface area contributed by atoms with Crippen LogP contribution >= 0.6 is 0 Å². The molecule has 1 aliphatic rings. The van der Waals surface area contributed by atoms with Gasteiger partial charge in [0.25, 0.3) is 0 Å². The van der Waals surface area contributed by atoms with Crippen LogP contribution in [0.5, 0.6) is 0 Å². The number of rotatable bonds is 1. The molecule has 0 aromatic carbocycles. The van der Waals surface area contributed by atoms with Crippen molar-refractivity contribution < 1.29 is 37.5 Å². The monoisotopic (exact) mass is 271 g/mol. The van der Waals surface area contributed by atoms with Crippen LogP contribution in [-0.2, 0) is 37.5 Å². The van der Waals surface area contributed by atoms with Crippen LogP contribution in [0, 0.1) is 14.4 Å². The molecule has 0 bridgehead atoms. The minimum Gasteiger partial charge on any atom is -0.364 e. The Balaban J connectivity index is 0. The Morgan fingerprint density at radius 3 is 2.64 bits per heavy atom. The number of carbonyl (C=O) groups excluding carboxylic acids is 1. The molecule has 0 aromatic rings. The molecule has 6 heteroatoms. The summed E-state index contributed by atoms with van der Waals surface area (Å²) in [6.45, 7) is 5.75. The van der Waals surface area contributed by atoms with Crippen molar-refractivity contribution in [2.45, 2.75) is 25.4 Å². The Bertz CT molecular complexity index is 239. The average Bonchev–Trinajstić information content (AvgIpc) is 2.32. The molecule has 14 heavy (non-hydrogen) atoms. The maximum absolute atomic E-state index is 10.9. The molecule has 1 radical (unpaired) electrons. The fraction of sp³-hybridized carbons (Fsp3) is 0.625. The summed E-state index contributed by atoms with van der Waals surface area (Å²) >= 11 is 0. The smallest absolute Gasteiger partial charge is 0.0825 e. The van der Waals surface area contributed by atoms with Crippen LogP contribution in [0.4, 0.5) is 0 Å². The molecule has 2 atom stereocenters. The zero-order valence-electron chi connectivity index (χ0n) is 8.55. The van der Waals surface area contributed by atoms with Crippen LogP contribution in [0.25, 0.3) is 10.4 Å². The first-order chi connectivity index (χ1) is 5.65. The van der Waals surface area contributed by atoms with E-state index in [9.17, 15) is 4.79 Å². The van der Waals surface area contributed by atoms with E-state index in [2.05, 4.69) is 16.9 Å². The van der Waals surface area contributed by atoms with Crippen LogP contribution in [0.2, 0.25) is 0 Å². The summed E-state index contributed by atoms with van der Waals surface area (Å²) in [7, 11) is 0. The summed E-state index contributed by atoms with van der Waals surface area (Å²) in [5.74, 6) is -0.196. The molecule has 5 nitrogen and oxygen atoms in total. The molecule has 1 amide bonds. The molecule has 1 heterocycles. The minimum atomic E-state index is -0.196. The van der Waals surface area contributed by atoms with Crippen molar-refractivity contribution in [3.63, 3.8) is 0 Å². The van der Waals surface area contributed by atoms with Gasteiger partial charge in [0.2, 0.25) is 0 Å². The molecule has 0 aromatic heterocycles. The van der Waals surface area contributed by atoms with E-state index < -0.39 is 0 Å². The number of amides is 1. The van der Waals surface area contributed by atoms with Gasteiger partial charge in [-0.05, 0) is 18.9 Å². The maximum Gasteiger partial charge on any atom is 0.0825 e. The maximum atomic E-state index is 10.9. The summed E-state index contributed by atoms with van der Waals surface area (Å²) in [5, 5.41) is 3.57.